The van der Waals surface area contributed by atoms with Gasteiger partial charge in [0.1, 0.15) is 5.75 Å². The lowest BCUT2D eigenvalue weighted by atomic mass is 9.93. The Bertz CT molecular complexity index is 310. The zero-order chi connectivity index (χ0) is 10.7. The van der Waals surface area contributed by atoms with Gasteiger partial charge in [0.15, 0.2) is 0 Å². The van der Waals surface area contributed by atoms with E-state index < -0.39 is 0 Å². The number of rotatable bonds is 2. The molecule has 2 rings (SSSR count). The lowest BCUT2D eigenvalue weighted by Crippen LogP contribution is -2.42. The zero-order valence-electron chi connectivity index (χ0n) is 9.07. The minimum absolute atomic E-state index is 0.229. The molecule has 0 radical (unpaired) electrons. The van der Waals surface area contributed by atoms with Crippen molar-refractivity contribution in [3.8, 4) is 5.75 Å². The average Bonchev–Trinajstić information content (AvgIpc) is 2.30. The molecule has 0 spiro atoms. The molecule has 3 nitrogen and oxygen atoms in total. The Kier molecular flexibility index (Phi) is 3.23. The maximum absolute atomic E-state index is 6.09. The minimum Gasteiger partial charge on any atom is -0.497 e. The molecule has 82 valence electrons. The van der Waals surface area contributed by atoms with Gasteiger partial charge in [-0.25, -0.2) is 0 Å². The van der Waals surface area contributed by atoms with Crippen LogP contribution in [0, 0.1) is 0 Å². The Labute approximate surface area is 90.6 Å². The van der Waals surface area contributed by atoms with Crippen molar-refractivity contribution in [1.29, 1.82) is 0 Å². The van der Waals surface area contributed by atoms with E-state index in [1.165, 1.54) is 12.0 Å². The quantitative estimate of drug-likeness (QED) is 0.770. The predicted octanol–water partition coefficient (Wildman–Crippen LogP) is 1.45. The van der Waals surface area contributed by atoms with E-state index in [-0.39, 0.29) is 6.04 Å². The summed E-state index contributed by atoms with van der Waals surface area (Å²) < 4.78 is 5.13. The summed E-state index contributed by atoms with van der Waals surface area (Å²) in [6.45, 7) is 1.06. The highest BCUT2D eigenvalue weighted by Crippen LogP contribution is 2.23. The average molecular weight is 206 g/mol. The van der Waals surface area contributed by atoms with Gasteiger partial charge in [0, 0.05) is 12.1 Å². The summed E-state index contributed by atoms with van der Waals surface area (Å²) >= 11 is 0. The fraction of sp³-hybridized carbons (Fsp3) is 0.500. The van der Waals surface area contributed by atoms with Crippen LogP contribution in [0.3, 0.4) is 0 Å². The zero-order valence-corrected chi connectivity index (χ0v) is 9.07. The molecule has 15 heavy (non-hydrogen) atoms. The van der Waals surface area contributed by atoms with Gasteiger partial charge in [-0.1, -0.05) is 12.1 Å². The summed E-state index contributed by atoms with van der Waals surface area (Å²) in [6, 6.07) is 8.66. The molecule has 0 unspecified atom stereocenters. The van der Waals surface area contributed by atoms with Gasteiger partial charge >= 0.3 is 0 Å². The monoisotopic (exact) mass is 206 g/mol. The van der Waals surface area contributed by atoms with Crippen molar-refractivity contribution >= 4 is 0 Å². The smallest absolute Gasteiger partial charge is 0.118 e. The second-order valence-corrected chi connectivity index (χ2v) is 4.01. The lowest BCUT2D eigenvalue weighted by molar-refractivity contribution is 0.357. The number of ether oxygens (including phenoxy) is 1. The van der Waals surface area contributed by atoms with Crippen LogP contribution in [0.2, 0.25) is 0 Å². The largest absolute Gasteiger partial charge is 0.497 e. The third-order valence-corrected chi connectivity index (χ3v) is 2.98. The number of methoxy groups -OCH3 is 1. The van der Waals surface area contributed by atoms with Crippen LogP contribution in [0.5, 0.6) is 5.75 Å². The van der Waals surface area contributed by atoms with Crippen molar-refractivity contribution in [3.05, 3.63) is 29.8 Å². The number of benzene rings is 1. The first-order valence-corrected chi connectivity index (χ1v) is 5.44. The first-order chi connectivity index (χ1) is 7.31. The van der Waals surface area contributed by atoms with Gasteiger partial charge in [-0.3, -0.25) is 0 Å². The van der Waals surface area contributed by atoms with Gasteiger partial charge in [0.25, 0.3) is 0 Å². The van der Waals surface area contributed by atoms with Gasteiger partial charge in [-0.2, -0.15) is 0 Å². The summed E-state index contributed by atoms with van der Waals surface area (Å²) in [5.41, 5.74) is 7.34. The van der Waals surface area contributed by atoms with Gasteiger partial charge in [0.05, 0.1) is 7.11 Å². The van der Waals surface area contributed by atoms with E-state index >= 15 is 0 Å². The number of piperidine rings is 1. The van der Waals surface area contributed by atoms with Gasteiger partial charge in [-0.05, 0) is 37.1 Å². The van der Waals surface area contributed by atoms with E-state index in [1.54, 1.807) is 7.11 Å². The molecule has 0 amide bonds. The van der Waals surface area contributed by atoms with E-state index in [4.69, 9.17) is 10.5 Å². The second-order valence-electron chi connectivity index (χ2n) is 4.01. The minimum atomic E-state index is 0.229. The van der Waals surface area contributed by atoms with Gasteiger partial charge in [0.2, 0.25) is 0 Å². The first-order valence-electron chi connectivity index (χ1n) is 5.44. The van der Waals surface area contributed by atoms with Gasteiger partial charge in [-0.15, -0.1) is 0 Å². The van der Waals surface area contributed by atoms with Crippen molar-refractivity contribution < 1.29 is 4.74 Å². The molecular formula is C12H18N2O. The molecule has 3 heteroatoms. The molecule has 0 bridgehead atoms. The maximum atomic E-state index is 6.09. The summed E-state index contributed by atoms with van der Waals surface area (Å²) in [5, 5.41) is 3.46. The van der Waals surface area contributed by atoms with Crippen LogP contribution in [-0.2, 0) is 0 Å². The highest BCUT2D eigenvalue weighted by molar-refractivity contribution is 5.30. The number of hydrogen-bond acceptors (Lipinski definition) is 3. The van der Waals surface area contributed by atoms with E-state index in [9.17, 15) is 0 Å². The Morgan fingerprint density at radius 3 is 2.67 bits per heavy atom. The first kappa shape index (κ1) is 10.5. The molecule has 1 aromatic rings. The number of nitrogens with one attached hydrogen (secondary N) is 1. The van der Waals surface area contributed by atoms with Crippen LogP contribution in [-0.4, -0.2) is 19.7 Å². The van der Waals surface area contributed by atoms with Crippen molar-refractivity contribution in [2.24, 2.45) is 5.73 Å². The molecule has 0 aliphatic carbocycles. The lowest BCUT2D eigenvalue weighted by Gasteiger charge is -2.30. The molecule has 1 aliphatic heterocycles. The Morgan fingerprint density at radius 1 is 1.33 bits per heavy atom. The SMILES string of the molecule is COc1ccc([C@@H]2NCCC[C@@H]2N)cc1. The van der Waals surface area contributed by atoms with E-state index in [0.29, 0.717) is 6.04 Å². The normalized spacial score (nSPS) is 26.3. The topological polar surface area (TPSA) is 47.3 Å². The van der Waals surface area contributed by atoms with Crippen LogP contribution in [0.15, 0.2) is 24.3 Å². The second kappa shape index (κ2) is 4.64. The summed E-state index contributed by atoms with van der Waals surface area (Å²) in [7, 11) is 1.68. The van der Waals surface area contributed by atoms with Crippen molar-refractivity contribution in [3.63, 3.8) is 0 Å². The van der Waals surface area contributed by atoms with Crippen LogP contribution < -0.4 is 15.8 Å². The van der Waals surface area contributed by atoms with Crippen molar-refractivity contribution in [2.45, 2.75) is 24.9 Å². The number of nitrogens with two attached hydrogens (primary N) is 1. The molecule has 1 heterocycles. The summed E-state index contributed by atoms with van der Waals surface area (Å²) in [6.07, 6.45) is 2.28. The molecule has 1 fully saturated rings. The molecular weight excluding hydrogens is 188 g/mol. The Balaban J connectivity index is 2.13. The molecule has 0 aromatic heterocycles. The van der Waals surface area contributed by atoms with Crippen LogP contribution >= 0.6 is 0 Å². The van der Waals surface area contributed by atoms with Crippen LogP contribution in [0.4, 0.5) is 0 Å². The Hall–Kier alpha value is -1.06. The van der Waals surface area contributed by atoms with Crippen LogP contribution in [0.1, 0.15) is 24.4 Å². The highest BCUT2D eigenvalue weighted by Gasteiger charge is 2.22. The third-order valence-electron chi connectivity index (χ3n) is 2.98. The number of hydrogen-bond donors (Lipinski definition) is 2. The Morgan fingerprint density at radius 2 is 2.07 bits per heavy atom. The molecule has 1 aliphatic rings. The molecule has 1 saturated heterocycles. The van der Waals surface area contributed by atoms with Gasteiger partial charge < -0.3 is 15.8 Å². The van der Waals surface area contributed by atoms with E-state index in [2.05, 4.69) is 17.4 Å². The van der Waals surface area contributed by atoms with Crippen molar-refractivity contribution in [1.82, 2.24) is 5.32 Å². The molecule has 3 N–H and O–H groups in total. The van der Waals surface area contributed by atoms with E-state index in [0.717, 1.165) is 18.7 Å². The van der Waals surface area contributed by atoms with Crippen LogP contribution in [0.25, 0.3) is 0 Å². The molecule has 2 atom stereocenters. The highest BCUT2D eigenvalue weighted by atomic mass is 16.5. The molecule has 1 aromatic carbocycles. The molecule has 0 saturated carbocycles. The summed E-state index contributed by atoms with van der Waals surface area (Å²) in [5.74, 6) is 0.892. The fourth-order valence-electron chi connectivity index (χ4n) is 2.09. The summed E-state index contributed by atoms with van der Waals surface area (Å²) in [4.78, 5) is 0. The van der Waals surface area contributed by atoms with E-state index in [1.807, 2.05) is 12.1 Å². The standard InChI is InChI=1S/C12H18N2O/c1-15-10-6-4-9(5-7-10)12-11(13)3-2-8-14-12/h4-7,11-12,14H,2-3,8,13H2,1H3/t11-,12-/m0/s1. The predicted molar refractivity (Wildman–Crippen MR) is 60.9 cm³/mol. The fourth-order valence-corrected chi connectivity index (χ4v) is 2.09. The maximum Gasteiger partial charge on any atom is 0.118 e. The van der Waals surface area contributed by atoms with Crippen molar-refractivity contribution in [2.75, 3.05) is 13.7 Å². The third kappa shape index (κ3) is 2.30.